The number of nitrogens with one attached hydrogen (secondary N) is 2. The highest BCUT2D eigenvalue weighted by molar-refractivity contribution is 14.0. The lowest BCUT2D eigenvalue weighted by molar-refractivity contribution is 0.139. The van der Waals surface area contributed by atoms with E-state index in [1.807, 2.05) is 6.20 Å². The van der Waals surface area contributed by atoms with Gasteiger partial charge in [0, 0.05) is 56.9 Å². The summed E-state index contributed by atoms with van der Waals surface area (Å²) in [6, 6.07) is 0. The van der Waals surface area contributed by atoms with E-state index in [2.05, 4.69) is 58.2 Å². The van der Waals surface area contributed by atoms with Crippen LogP contribution < -0.4 is 10.6 Å². The number of likely N-dealkylation sites (N-methyl/N-ethyl adjacent to an activating group) is 1. The monoisotopic (exact) mass is 480 g/mol. The molecule has 0 radical (unpaired) electrons. The van der Waals surface area contributed by atoms with Crippen LogP contribution >= 0.6 is 35.3 Å². The molecule has 8 heteroatoms. The Kier molecular flexibility index (Phi) is 10.9. The van der Waals surface area contributed by atoms with Crippen LogP contribution in [0, 0.1) is 12.8 Å². The summed E-state index contributed by atoms with van der Waals surface area (Å²) in [5.41, 5.74) is 0. The molecule has 1 atom stereocenters. The molecule has 6 nitrogen and oxygen atoms in total. The van der Waals surface area contributed by atoms with Crippen molar-refractivity contribution in [2.24, 2.45) is 10.9 Å². The van der Waals surface area contributed by atoms with Gasteiger partial charge in [-0.1, -0.05) is 6.92 Å². The van der Waals surface area contributed by atoms with Crippen LogP contribution in [0.5, 0.6) is 0 Å². The fourth-order valence-electron chi connectivity index (χ4n) is 2.77. The van der Waals surface area contributed by atoms with Crippen LogP contribution in [-0.4, -0.2) is 73.6 Å². The molecule has 0 spiro atoms. The average Bonchev–Trinajstić information content (AvgIpc) is 2.98. The number of hydrogen-bond acceptors (Lipinski definition) is 5. The van der Waals surface area contributed by atoms with Crippen LogP contribution in [0.2, 0.25) is 0 Å². The largest absolute Gasteiger partial charge is 0.357 e. The van der Waals surface area contributed by atoms with Gasteiger partial charge in [0.25, 0.3) is 0 Å². The highest BCUT2D eigenvalue weighted by atomic mass is 127. The number of rotatable bonds is 7. The third-order valence-electron chi connectivity index (χ3n) is 4.17. The van der Waals surface area contributed by atoms with Gasteiger partial charge in [-0.15, -0.1) is 35.3 Å². The first-order chi connectivity index (χ1) is 11.6. The molecule has 2 rings (SSSR count). The number of aromatic nitrogens is 1. The summed E-state index contributed by atoms with van der Waals surface area (Å²) in [5.74, 6) is 1.48. The summed E-state index contributed by atoms with van der Waals surface area (Å²) in [6.45, 7) is 14.8. The van der Waals surface area contributed by atoms with Crippen molar-refractivity contribution in [1.29, 1.82) is 0 Å². The first-order valence-electron chi connectivity index (χ1n) is 8.91. The van der Waals surface area contributed by atoms with E-state index >= 15 is 0 Å². The molecule has 1 aliphatic rings. The fraction of sp³-hybridized carbons (Fsp3) is 0.765. The predicted molar refractivity (Wildman–Crippen MR) is 118 cm³/mol. The molecule has 0 aromatic carbocycles. The number of thiazole rings is 1. The molecule has 2 heterocycles. The van der Waals surface area contributed by atoms with Gasteiger partial charge in [0.15, 0.2) is 5.96 Å². The Morgan fingerprint density at radius 3 is 2.64 bits per heavy atom. The molecule has 0 aliphatic carbocycles. The molecular weight excluding hydrogens is 447 g/mol. The molecule has 0 bridgehead atoms. The summed E-state index contributed by atoms with van der Waals surface area (Å²) in [5, 5.41) is 7.86. The quantitative estimate of drug-likeness (QED) is 0.355. The van der Waals surface area contributed by atoms with Crippen LogP contribution in [-0.2, 0) is 6.54 Å². The Morgan fingerprint density at radius 2 is 2.04 bits per heavy atom. The van der Waals surface area contributed by atoms with E-state index in [1.54, 1.807) is 11.3 Å². The lowest BCUT2D eigenvalue weighted by atomic mass is 10.1. The van der Waals surface area contributed by atoms with Gasteiger partial charge in [-0.3, -0.25) is 0 Å². The van der Waals surface area contributed by atoms with E-state index in [1.165, 1.54) is 31.1 Å². The molecule has 1 aromatic heterocycles. The standard InChI is InChI=1S/C17H32N6S.HI/c1-5-18-17(21-12-16-19-11-15(3)24-16)20-10-14(2)13-23-8-6-22(4)7-9-23;/h11,14H,5-10,12-13H2,1-4H3,(H2,18,20,21);1H. The zero-order valence-electron chi connectivity index (χ0n) is 15.9. The number of piperazine rings is 1. The number of guanidine groups is 1. The van der Waals surface area contributed by atoms with Crippen molar-refractivity contribution in [3.05, 3.63) is 16.1 Å². The van der Waals surface area contributed by atoms with Gasteiger partial charge < -0.3 is 20.4 Å². The molecule has 1 fully saturated rings. The Bertz CT molecular complexity index is 513. The minimum absolute atomic E-state index is 0. The number of halogens is 1. The van der Waals surface area contributed by atoms with Gasteiger partial charge >= 0.3 is 0 Å². The van der Waals surface area contributed by atoms with E-state index in [9.17, 15) is 0 Å². The normalized spacial score (nSPS) is 17.8. The van der Waals surface area contributed by atoms with Gasteiger partial charge in [0.05, 0.1) is 6.54 Å². The van der Waals surface area contributed by atoms with Crippen molar-refractivity contribution >= 4 is 41.3 Å². The molecule has 1 aliphatic heterocycles. The Hall–Kier alpha value is -0.450. The smallest absolute Gasteiger partial charge is 0.191 e. The SMILES string of the molecule is CCNC(=NCc1ncc(C)s1)NCC(C)CN1CCN(C)CC1.I. The van der Waals surface area contributed by atoms with Crippen LogP contribution in [0.25, 0.3) is 0 Å². The summed E-state index contributed by atoms with van der Waals surface area (Å²) in [6.07, 6.45) is 1.91. The number of hydrogen-bond donors (Lipinski definition) is 2. The molecule has 0 saturated carbocycles. The third kappa shape index (κ3) is 8.65. The maximum atomic E-state index is 4.65. The Morgan fingerprint density at radius 1 is 1.32 bits per heavy atom. The van der Waals surface area contributed by atoms with Gasteiger partial charge in [-0.05, 0) is 26.8 Å². The van der Waals surface area contributed by atoms with E-state index in [0.717, 1.165) is 30.6 Å². The van der Waals surface area contributed by atoms with E-state index in [0.29, 0.717) is 12.5 Å². The molecule has 1 saturated heterocycles. The minimum Gasteiger partial charge on any atom is -0.357 e. The summed E-state index contributed by atoms with van der Waals surface area (Å²) in [7, 11) is 2.20. The van der Waals surface area contributed by atoms with Gasteiger partial charge in [0.2, 0.25) is 0 Å². The van der Waals surface area contributed by atoms with Crippen LogP contribution in [0.4, 0.5) is 0 Å². The van der Waals surface area contributed by atoms with Crippen molar-refractivity contribution in [3.8, 4) is 0 Å². The maximum absolute atomic E-state index is 4.65. The van der Waals surface area contributed by atoms with Crippen LogP contribution in [0.15, 0.2) is 11.2 Å². The maximum Gasteiger partial charge on any atom is 0.191 e. The first kappa shape index (κ1) is 22.6. The highest BCUT2D eigenvalue weighted by Gasteiger charge is 2.16. The molecule has 25 heavy (non-hydrogen) atoms. The van der Waals surface area contributed by atoms with E-state index in [4.69, 9.17) is 0 Å². The molecular formula is C17H33IN6S. The first-order valence-corrected chi connectivity index (χ1v) is 9.73. The topological polar surface area (TPSA) is 55.8 Å². The lowest BCUT2D eigenvalue weighted by Gasteiger charge is -2.34. The number of nitrogens with zero attached hydrogens (tertiary/aromatic N) is 4. The summed E-state index contributed by atoms with van der Waals surface area (Å²) < 4.78 is 0. The average molecular weight is 480 g/mol. The third-order valence-corrected chi connectivity index (χ3v) is 5.07. The summed E-state index contributed by atoms with van der Waals surface area (Å²) in [4.78, 5) is 15.2. The van der Waals surface area contributed by atoms with Gasteiger partial charge in [-0.2, -0.15) is 0 Å². The molecule has 1 aromatic rings. The molecule has 1 unspecified atom stereocenters. The van der Waals surface area contributed by atoms with Crippen molar-refractivity contribution in [2.75, 3.05) is 52.9 Å². The Balaban J connectivity index is 0.00000312. The van der Waals surface area contributed by atoms with Crippen LogP contribution in [0.1, 0.15) is 23.7 Å². The van der Waals surface area contributed by atoms with Crippen molar-refractivity contribution in [3.63, 3.8) is 0 Å². The van der Waals surface area contributed by atoms with Gasteiger partial charge in [-0.25, -0.2) is 9.98 Å². The molecule has 2 N–H and O–H groups in total. The molecule has 144 valence electrons. The van der Waals surface area contributed by atoms with E-state index < -0.39 is 0 Å². The second-order valence-electron chi connectivity index (χ2n) is 6.65. The van der Waals surface area contributed by atoms with E-state index in [-0.39, 0.29) is 24.0 Å². The number of aryl methyl sites for hydroxylation is 1. The fourth-order valence-corrected chi connectivity index (χ4v) is 3.48. The molecule has 0 amide bonds. The van der Waals surface area contributed by atoms with Crippen molar-refractivity contribution < 1.29 is 0 Å². The Labute approximate surface area is 173 Å². The zero-order valence-corrected chi connectivity index (χ0v) is 19.1. The number of aliphatic imine (C=N–C) groups is 1. The second-order valence-corrected chi connectivity index (χ2v) is 7.97. The predicted octanol–water partition coefficient (Wildman–Crippen LogP) is 2.01. The van der Waals surface area contributed by atoms with Crippen LogP contribution in [0.3, 0.4) is 0 Å². The van der Waals surface area contributed by atoms with Gasteiger partial charge in [0.1, 0.15) is 5.01 Å². The highest BCUT2D eigenvalue weighted by Crippen LogP contribution is 2.11. The minimum atomic E-state index is 0. The second kappa shape index (κ2) is 12.0. The lowest BCUT2D eigenvalue weighted by Crippen LogP contribution is -2.47. The van der Waals surface area contributed by atoms with Crippen molar-refractivity contribution in [2.45, 2.75) is 27.3 Å². The summed E-state index contributed by atoms with van der Waals surface area (Å²) >= 11 is 1.71. The van der Waals surface area contributed by atoms with Crippen molar-refractivity contribution in [1.82, 2.24) is 25.4 Å². The zero-order chi connectivity index (χ0) is 17.4.